The minimum absolute atomic E-state index is 0.0610. The number of hydrogen-bond acceptors (Lipinski definition) is 2. The fraction of sp³-hybridized carbons (Fsp3) is 0.636. The summed E-state index contributed by atoms with van der Waals surface area (Å²) in [6.07, 6.45) is 4.99. The highest BCUT2D eigenvalue weighted by Crippen LogP contribution is 2.41. The molecule has 0 radical (unpaired) electrons. The Hall–Kier alpha value is -1.12. The van der Waals surface area contributed by atoms with Crippen LogP contribution in [0.15, 0.2) is 11.6 Å². The molecule has 1 saturated carbocycles. The van der Waals surface area contributed by atoms with Crippen LogP contribution in [0.1, 0.15) is 32.6 Å². The van der Waals surface area contributed by atoms with Crippen LogP contribution in [-0.4, -0.2) is 18.2 Å². The highest BCUT2D eigenvalue weighted by Gasteiger charge is 2.37. The lowest BCUT2D eigenvalue weighted by molar-refractivity contribution is -0.119. The first-order valence-electron chi connectivity index (χ1n) is 5.15. The van der Waals surface area contributed by atoms with E-state index in [0.29, 0.717) is 13.0 Å². The van der Waals surface area contributed by atoms with E-state index >= 15 is 0 Å². The molecule has 0 aromatic heterocycles. The molecule has 1 fully saturated rings. The van der Waals surface area contributed by atoms with Crippen molar-refractivity contribution in [3.63, 3.8) is 0 Å². The van der Waals surface area contributed by atoms with Crippen LogP contribution >= 0.6 is 0 Å². The zero-order chi connectivity index (χ0) is 10.2. The molecule has 1 heterocycles. The van der Waals surface area contributed by atoms with Crippen molar-refractivity contribution in [3.05, 3.63) is 11.6 Å². The predicted molar refractivity (Wildman–Crippen MR) is 52.7 cm³/mol. The molecule has 2 aliphatic rings. The second-order valence-corrected chi connectivity index (χ2v) is 4.44. The lowest BCUT2D eigenvalue weighted by Gasteiger charge is -2.34. The average Bonchev–Trinajstić information content (AvgIpc) is 2.25. The molecule has 0 saturated heterocycles. The van der Waals surface area contributed by atoms with Gasteiger partial charge in [-0.3, -0.25) is 9.59 Å². The molecule has 3 nitrogen and oxygen atoms in total. The Labute approximate surface area is 83.6 Å². The summed E-state index contributed by atoms with van der Waals surface area (Å²) in [7, 11) is 0. The van der Waals surface area contributed by atoms with E-state index in [4.69, 9.17) is 0 Å². The maximum absolute atomic E-state index is 11.7. The Morgan fingerprint density at radius 1 is 1.36 bits per heavy atom. The molecule has 1 unspecified atom stereocenters. The summed E-state index contributed by atoms with van der Waals surface area (Å²) >= 11 is 0. The third kappa shape index (κ3) is 1.47. The Balaban J connectivity index is 2.39. The van der Waals surface area contributed by atoms with Crippen LogP contribution in [0.5, 0.6) is 0 Å². The number of nitrogens with one attached hydrogen (secondary N) is 1. The highest BCUT2D eigenvalue weighted by atomic mass is 16.1. The number of allylic oxidation sites excluding steroid dienone is 1. The van der Waals surface area contributed by atoms with Crippen molar-refractivity contribution >= 4 is 11.7 Å². The molecule has 1 amide bonds. The zero-order valence-corrected chi connectivity index (χ0v) is 8.43. The van der Waals surface area contributed by atoms with Gasteiger partial charge in [0.05, 0.1) is 0 Å². The van der Waals surface area contributed by atoms with Gasteiger partial charge in [0.1, 0.15) is 0 Å². The zero-order valence-electron chi connectivity index (χ0n) is 8.43. The lowest BCUT2D eigenvalue weighted by Crippen LogP contribution is -2.30. The van der Waals surface area contributed by atoms with Gasteiger partial charge in [-0.2, -0.15) is 0 Å². The highest BCUT2D eigenvalue weighted by molar-refractivity contribution is 6.04. The second-order valence-electron chi connectivity index (χ2n) is 4.44. The van der Waals surface area contributed by atoms with Gasteiger partial charge in [-0.05, 0) is 24.7 Å². The number of rotatable bonds is 0. The summed E-state index contributed by atoms with van der Waals surface area (Å²) in [6.45, 7) is 2.78. The smallest absolute Gasteiger partial charge is 0.244 e. The number of hydrogen-bond donors (Lipinski definition) is 1. The number of ketones is 1. The van der Waals surface area contributed by atoms with E-state index in [-0.39, 0.29) is 17.1 Å². The molecule has 0 bridgehead atoms. The standard InChI is InChI=1S/C11H15NO2/c1-11-4-2-3-9(13)8(11)7-10(14)12-6-5-11/h7H,2-6H2,1H3,(H,12,14). The minimum Gasteiger partial charge on any atom is -0.353 e. The van der Waals surface area contributed by atoms with E-state index in [1.807, 2.05) is 0 Å². The number of Topliss-reactive ketones (excluding diaryl/α,β-unsaturated/α-hetero) is 1. The topological polar surface area (TPSA) is 46.2 Å². The van der Waals surface area contributed by atoms with E-state index in [2.05, 4.69) is 12.2 Å². The SMILES string of the molecule is CC12CCCC(=O)C1=CC(=O)NCC2. The first-order chi connectivity index (χ1) is 6.62. The van der Waals surface area contributed by atoms with E-state index in [1.54, 1.807) is 0 Å². The molecule has 0 aromatic carbocycles. The van der Waals surface area contributed by atoms with Gasteiger partial charge in [-0.1, -0.05) is 6.92 Å². The lowest BCUT2D eigenvalue weighted by atomic mass is 9.69. The molecule has 3 heteroatoms. The Morgan fingerprint density at radius 3 is 2.93 bits per heavy atom. The van der Waals surface area contributed by atoms with Crippen molar-refractivity contribution in [3.8, 4) is 0 Å². The van der Waals surface area contributed by atoms with Crippen molar-refractivity contribution in [1.82, 2.24) is 5.32 Å². The van der Waals surface area contributed by atoms with Gasteiger partial charge in [0.2, 0.25) is 5.91 Å². The molecule has 1 atom stereocenters. The fourth-order valence-electron chi connectivity index (χ4n) is 2.40. The predicted octanol–water partition coefficient (Wildman–Crippen LogP) is 1.19. The van der Waals surface area contributed by atoms with Gasteiger partial charge < -0.3 is 5.32 Å². The Kier molecular flexibility index (Phi) is 2.17. The van der Waals surface area contributed by atoms with Crippen LogP contribution in [0.2, 0.25) is 0 Å². The van der Waals surface area contributed by atoms with Gasteiger partial charge in [0.15, 0.2) is 5.78 Å². The third-order valence-electron chi connectivity index (χ3n) is 3.33. The van der Waals surface area contributed by atoms with Crippen molar-refractivity contribution in [2.75, 3.05) is 6.54 Å². The number of carbonyl (C=O) groups is 2. The molecule has 2 rings (SSSR count). The Morgan fingerprint density at radius 2 is 2.14 bits per heavy atom. The van der Waals surface area contributed by atoms with Crippen molar-refractivity contribution < 1.29 is 9.59 Å². The quantitative estimate of drug-likeness (QED) is 0.628. The van der Waals surface area contributed by atoms with Crippen molar-refractivity contribution in [2.24, 2.45) is 5.41 Å². The van der Waals surface area contributed by atoms with Gasteiger partial charge in [-0.25, -0.2) is 0 Å². The monoisotopic (exact) mass is 193 g/mol. The summed E-state index contributed by atoms with van der Waals surface area (Å²) in [4.78, 5) is 23.0. The van der Waals surface area contributed by atoms with Crippen LogP contribution < -0.4 is 5.32 Å². The van der Waals surface area contributed by atoms with E-state index in [1.165, 1.54) is 6.08 Å². The third-order valence-corrected chi connectivity index (χ3v) is 3.33. The van der Waals surface area contributed by atoms with Crippen LogP contribution in [0.4, 0.5) is 0 Å². The van der Waals surface area contributed by atoms with Crippen LogP contribution in [0.3, 0.4) is 0 Å². The number of amides is 1. The number of fused-ring (bicyclic) bond motifs is 1. The summed E-state index contributed by atoms with van der Waals surface area (Å²) in [5.41, 5.74) is 0.688. The molecule has 1 aliphatic heterocycles. The normalized spacial score (nSPS) is 32.8. The number of carbonyl (C=O) groups excluding carboxylic acids is 2. The average molecular weight is 193 g/mol. The summed E-state index contributed by atoms with van der Waals surface area (Å²) in [5.74, 6) is 0.0507. The minimum atomic E-state index is -0.112. The molecule has 0 spiro atoms. The molecule has 1 N–H and O–H groups in total. The van der Waals surface area contributed by atoms with Gasteiger partial charge >= 0.3 is 0 Å². The molecule has 0 aromatic rings. The summed E-state index contributed by atoms with van der Waals surface area (Å²) in [6, 6.07) is 0. The Bertz CT molecular complexity index is 319. The van der Waals surface area contributed by atoms with Crippen molar-refractivity contribution in [1.29, 1.82) is 0 Å². The first-order valence-corrected chi connectivity index (χ1v) is 5.15. The molecular weight excluding hydrogens is 178 g/mol. The van der Waals surface area contributed by atoms with Crippen LogP contribution in [0.25, 0.3) is 0 Å². The van der Waals surface area contributed by atoms with Crippen molar-refractivity contribution in [2.45, 2.75) is 32.6 Å². The first kappa shape index (κ1) is 9.44. The maximum Gasteiger partial charge on any atom is 0.244 e. The second kappa shape index (κ2) is 3.23. The fourth-order valence-corrected chi connectivity index (χ4v) is 2.40. The summed E-state index contributed by atoms with van der Waals surface area (Å²) in [5, 5.41) is 2.78. The molecule has 1 aliphatic carbocycles. The van der Waals surface area contributed by atoms with Crippen LogP contribution in [-0.2, 0) is 9.59 Å². The van der Waals surface area contributed by atoms with Gasteiger partial charge in [-0.15, -0.1) is 0 Å². The maximum atomic E-state index is 11.7. The van der Waals surface area contributed by atoms with E-state index in [9.17, 15) is 9.59 Å². The van der Waals surface area contributed by atoms with Gasteiger partial charge in [0.25, 0.3) is 0 Å². The molecule has 14 heavy (non-hydrogen) atoms. The van der Waals surface area contributed by atoms with Crippen LogP contribution in [0, 0.1) is 5.41 Å². The molecule has 76 valence electrons. The van der Waals surface area contributed by atoms with E-state index < -0.39 is 0 Å². The van der Waals surface area contributed by atoms with E-state index in [0.717, 1.165) is 24.8 Å². The molecular formula is C11H15NO2. The summed E-state index contributed by atoms with van der Waals surface area (Å²) < 4.78 is 0. The largest absolute Gasteiger partial charge is 0.353 e. The van der Waals surface area contributed by atoms with Gasteiger partial charge in [0, 0.05) is 24.6 Å².